The highest BCUT2D eigenvalue weighted by atomic mass is 16.4. The van der Waals surface area contributed by atoms with Crippen molar-refractivity contribution in [1.82, 2.24) is 16.0 Å². The van der Waals surface area contributed by atoms with Gasteiger partial charge >= 0.3 is 5.97 Å². The summed E-state index contributed by atoms with van der Waals surface area (Å²) in [5.41, 5.74) is 11.5. The van der Waals surface area contributed by atoms with Crippen LogP contribution in [0, 0.1) is 5.92 Å². The minimum Gasteiger partial charge on any atom is -0.508 e. The lowest BCUT2D eigenvalue weighted by molar-refractivity contribution is -0.144. The quantitative estimate of drug-likeness (QED) is 0.187. The first-order valence-corrected chi connectivity index (χ1v) is 9.82. The molecule has 0 heterocycles. The molecule has 4 amide bonds. The van der Waals surface area contributed by atoms with Crippen molar-refractivity contribution in [2.75, 3.05) is 6.54 Å². The van der Waals surface area contributed by atoms with Crippen LogP contribution in [0.15, 0.2) is 24.3 Å². The van der Waals surface area contributed by atoms with Gasteiger partial charge in [-0.1, -0.05) is 26.0 Å². The molecule has 0 spiro atoms. The number of rotatable bonds is 12. The topological polar surface area (TPSA) is 214 Å². The van der Waals surface area contributed by atoms with E-state index < -0.39 is 66.6 Å². The highest BCUT2D eigenvalue weighted by Crippen LogP contribution is 2.11. The van der Waals surface area contributed by atoms with Crippen LogP contribution in [0.5, 0.6) is 5.75 Å². The van der Waals surface area contributed by atoms with Crippen LogP contribution in [-0.4, -0.2) is 64.5 Å². The number of aromatic hydroxyl groups is 1. The van der Waals surface area contributed by atoms with Gasteiger partial charge in [0.05, 0.1) is 19.0 Å². The van der Waals surface area contributed by atoms with E-state index in [1.807, 2.05) is 0 Å². The fourth-order valence-electron chi connectivity index (χ4n) is 2.70. The molecule has 0 aliphatic carbocycles. The maximum absolute atomic E-state index is 12.4. The standard InChI is InChI=1S/C20H29N5O7/c1-10(2)17(19(30)24-14(20(31)32)8-15(22)27)25-16(28)9-23-18(29)13(21)7-11-3-5-12(26)6-4-11/h3-6,10,13-14,17,26H,7-9,21H2,1-2H3,(H2,22,27)(H,23,29)(H,24,30)(H,25,28)(H,31,32)/t13-,14-,17-/m0/s1. The number of carbonyl (C=O) groups is 5. The van der Waals surface area contributed by atoms with Crippen molar-refractivity contribution < 1.29 is 34.2 Å². The summed E-state index contributed by atoms with van der Waals surface area (Å²) < 4.78 is 0. The Kier molecular flexibility index (Phi) is 10.1. The minimum atomic E-state index is -1.53. The van der Waals surface area contributed by atoms with Gasteiger partial charge in [-0.3, -0.25) is 19.2 Å². The van der Waals surface area contributed by atoms with Crippen molar-refractivity contribution in [1.29, 1.82) is 0 Å². The molecule has 12 nitrogen and oxygen atoms in total. The van der Waals surface area contributed by atoms with E-state index in [9.17, 15) is 29.1 Å². The minimum absolute atomic E-state index is 0.0801. The van der Waals surface area contributed by atoms with Gasteiger partial charge in [0.25, 0.3) is 0 Å². The summed E-state index contributed by atoms with van der Waals surface area (Å²) in [4.78, 5) is 59.0. The molecule has 0 saturated heterocycles. The maximum Gasteiger partial charge on any atom is 0.326 e. The van der Waals surface area contributed by atoms with Gasteiger partial charge in [-0.25, -0.2) is 4.79 Å². The van der Waals surface area contributed by atoms with Gasteiger partial charge in [0, 0.05) is 0 Å². The molecule has 32 heavy (non-hydrogen) atoms. The number of phenolic OH excluding ortho intramolecular Hbond substituents is 1. The van der Waals surface area contributed by atoms with Gasteiger partial charge in [0.15, 0.2) is 0 Å². The SMILES string of the molecule is CC(C)[C@H](NC(=O)CNC(=O)[C@@H](N)Cc1ccc(O)cc1)C(=O)N[C@@H](CC(N)=O)C(=O)O. The van der Waals surface area contributed by atoms with Gasteiger partial charge in [-0.05, 0) is 30.0 Å². The summed E-state index contributed by atoms with van der Waals surface area (Å²) in [5.74, 6) is -4.78. The Bertz CT molecular complexity index is 841. The van der Waals surface area contributed by atoms with E-state index >= 15 is 0 Å². The first-order valence-electron chi connectivity index (χ1n) is 9.82. The Morgan fingerprint density at radius 3 is 2.09 bits per heavy atom. The van der Waals surface area contributed by atoms with E-state index in [1.165, 1.54) is 12.1 Å². The number of carbonyl (C=O) groups excluding carboxylic acids is 4. The van der Waals surface area contributed by atoms with Crippen LogP contribution in [0.2, 0.25) is 0 Å². The van der Waals surface area contributed by atoms with Crippen LogP contribution in [-0.2, 0) is 30.4 Å². The van der Waals surface area contributed by atoms with E-state index in [4.69, 9.17) is 16.6 Å². The van der Waals surface area contributed by atoms with Crippen LogP contribution >= 0.6 is 0 Å². The predicted molar refractivity (Wildman–Crippen MR) is 113 cm³/mol. The first-order chi connectivity index (χ1) is 14.9. The second-order valence-corrected chi connectivity index (χ2v) is 7.55. The Balaban J connectivity index is 2.61. The third-order valence-electron chi connectivity index (χ3n) is 4.44. The maximum atomic E-state index is 12.4. The van der Waals surface area contributed by atoms with Crippen LogP contribution in [0.3, 0.4) is 0 Å². The molecule has 3 atom stereocenters. The molecule has 0 unspecified atom stereocenters. The molecule has 0 aromatic heterocycles. The fraction of sp³-hybridized carbons (Fsp3) is 0.450. The summed E-state index contributed by atoms with van der Waals surface area (Å²) in [6.45, 7) is 2.79. The summed E-state index contributed by atoms with van der Waals surface area (Å²) in [6, 6.07) is 2.57. The van der Waals surface area contributed by atoms with Crippen LogP contribution in [0.4, 0.5) is 0 Å². The largest absolute Gasteiger partial charge is 0.508 e. The monoisotopic (exact) mass is 451 g/mol. The van der Waals surface area contributed by atoms with E-state index in [-0.39, 0.29) is 12.2 Å². The van der Waals surface area contributed by atoms with Crippen molar-refractivity contribution >= 4 is 29.6 Å². The molecule has 0 aliphatic heterocycles. The number of phenols is 1. The van der Waals surface area contributed by atoms with Gasteiger partial charge < -0.3 is 37.6 Å². The van der Waals surface area contributed by atoms with Crippen molar-refractivity contribution in [2.45, 2.75) is 44.8 Å². The van der Waals surface area contributed by atoms with Crippen LogP contribution in [0.1, 0.15) is 25.8 Å². The number of hydrogen-bond donors (Lipinski definition) is 7. The zero-order valence-corrected chi connectivity index (χ0v) is 17.8. The number of aliphatic carboxylic acids is 1. The van der Waals surface area contributed by atoms with Gasteiger partial charge in [0.1, 0.15) is 17.8 Å². The lowest BCUT2D eigenvalue weighted by atomic mass is 10.0. The highest BCUT2D eigenvalue weighted by molar-refractivity contribution is 5.93. The number of nitrogens with one attached hydrogen (secondary N) is 3. The van der Waals surface area contributed by atoms with Gasteiger partial charge in [-0.2, -0.15) is 0 Å². The number of carboxylic acid groups (broad SMARTS) is 1. The Morgan fingerprint density at radius 2 is 1.59 bits per heavy atom. The Morgan fingerprint density at radius 1 is 1.00 bits per heavy atom. The molecule has 1 aromatic carbocycles. The lowest BCUT2D eigenvalue weighted by Crippen LogP contribution is -2.56. The summed E-state index contributed by atoms with van der Waals surface area (Å²) in [7, 11) is 0. The molecule has 176 valence electrons. The normalized spacial score (nSPS) is 13.5. The third kappa shape index (κ3) is 9.00. The van der Waals surface area contributed by atoms with Crippen LogP contribution < -0.4 is 27.4 Å². The molecule has 0 saturated carbocycles. The van der Waals surface area contributed by atoms with Crippen LogP contribution in [0.25, 0.3) is 0 Å². The van der Waals surface area contributed by atoms with E-state index in [0.29, 0.717) is 0 Å². The van der Waals surface area contributed by atoms with Gasteiger partial charge in [-0.15, -0.1) is 0 Å². The third-order valence-corrected chi connectivity index (χ3v) is 4.44. The highest BCUT2D eigenvalue weighted by Gasteiger charge is 2.29. The lowest BCUT2D eigenvalue weighted by Gasteiger charge is -2.24. The molecule has 0 fully saturated rings. The smallest absolute Gasteiger partial charge is 0.326 e. The number of carboxylic acids is 1. The van der Waals surface area contributed by atoms with Gasteiger partial charge in [0.2, 0.25) is 23.6 Å². The Hall–Kier alpha value is -3.67. The van der Waals surface area contributed by atoms with Crippen molar-refractivity contribution in [2.24, 2.45) is 17.4 Å². The number of benzene rings is 1. The fourth-order valence-corrected chi connectivity index (χ4v) is 2.70. The average Bonchev–Trinajstić information content (AvgIpc) is 2.70. The van der Waals surface area contributed by atoms with Crippen molar-refractivity contribution in [3.63, 3.8) is 0 Å². The second kappa shape index (κ2) is 12.2. The van der Waals surface area contributed by atoms with E-state index in [1.54, 1.807) is 26.0 Å². The molecule has 0 bridgehead atoms. The number of nitrogens with two attached hydrogens (primary N) is 2. The molecule has 0 radical (unpaired) electrons. The second-order valence-electron chi connectivity index (χ2n) is 7.55. The van der Waals surface area contributed by atoms with Crippen molar-refractivity contribution in [3.05, 3.63) is 29.8 Å². The van der Waals surface area contributed by atoms with Crippen molar-refractivity contribution in [3.8, 4) is 5.75 Å². The van der Waals surface area contributed by atoms with E-state index in [0.717, 1.165) is 5.56 Å². The average molecular weight is 451 g/mol. The summed E-state index contributed by atoms with van der Waals surface area (Å²) in [5, 5.41) is 25.3. The number of amides is 4. The molecular formula is C20H29N5O7. The first kappa shape index (κ1) is 26.4. The number of hydrogen-bond acceptors (Lipinski definition) is 7. The summed E-state index contributed by atoms with van der Waals surface area (Å²) >= 11 is 0. The zero-order chi connectivity index (χ0) is 24.4. The molecule has 0 aliphatic rings. The number of primary amides is 1. The Labute approximate surface area is 184 Å². The van der Waals surface area contributed by atoms with E-state index in [2.05, 4.69) is 16.0 Å². The molecule has 1 rings (SSSR count). The molecule has 9 N–H and O–H groups in total. The molecule has 1 aromatic rings. The molecule has 12 heteroatoms. The predicted octanol–water partition coefficient (Wildman–Crippen LogP) is -2.04. The molecular weight excluding hydrogens is 422 g/mol. The summed E-state index contributed by atoms with van der Waals surface area (Å²) in [6.07, 6.45) is -0.421. The zero-order valence-electron chi connectivity index (χ0n) is 17.8.